The Bertz CT molecular complexity index is 952. The zero-order valence-corrected chi connectivity index (χ0v) is 15.6. The van der Waals surface area contributed by atoms with Crippen molar-refractivity contribution in [1.82, 2.24) is 4.98 Å². The number of phenols is 1. The van der Waals surface area contributed by atoms with Gasteiger partial charge in [0.2, 0.25) is 0 Å². The van der Waals surface area contributed by atoms with Crippen molar-refractivity contribution in [3.63, 3.8) is 0 Å². The van der Waals surface area contributed by atoms with Gasteiger partial charge in [0.25, 0.3) is 0 Å². The van der Waals surface area contributed by atoms with Gasteiger partial charge in [-0.1, -0.05) is 26.0 Å². The first-order valence-corrected chi connectivity index (χ1v) is 9.16. The summed E-state index contributed by atoms with van der Waals surface area (Å²) >= 11 is 0. The fourth-order valence-electron chi connectivity index (χ4n) is 2.73. The molecule has 140 valence electrons. The molecule has 5 nitrogen and oxygen atoms in total. The Morgan fingerprint density at radius 3 is 2.33 bits per heavy atom. The van der Waals surface area contributed by atoms with Gasteiger partial charge in [0.05, 0.1) is 24.3 Å². The number of pyridine rings is 1. The Morgan fingerprint density at radius 1 is 1.00 bits per heavy atom. The molecule has 0 unspecified atom stereocenters. The molecule has 0 amide bonds. The Labute approximate surface area is 158 Å². The van der Waals surface area contributed by atoms with Gasteiger partial charge in [0, 0.05) is 23.2 Å². The maximum absolute atomic E-state index is 12.7. The van der Waals surface area contributed by atoms with E-state index < -0.39 is 0 Å². The SMILES string of the molecule is CCCOc1cc2cc(C(=O)c3ccccc3O)cnc2cc1OCCC. The van der Waals surface area contributed by atoms with Crippen molar-refractivity contribution in [2.75, 3.05) is 13.2 Å². The summed E-state index contributed by atoms with van der Waals surface area (Å²) in [7, 11) is 0. The van der Waals surface area contributed by atoms with Crippen molar-refractivity contribution in [3.8, 4) is 17.2 Å². The van der Waals surface area contributed by atoms with Gasteiger partial charge in [-0.05, 0) is 37.1 Å². The summed E-state index contributed by atoms with van der Waals surface area (Å²) in [4.78, 5) is 17.1. The second kappa shape index (κ2) is 8.54. The van der Waals surface area contributed by atoms with Gasteiger partial charge in [-0.3, -0.25) is 9.78 Å². The molecule has 0 bridgehead atoms. The molecule has 0 aliphatic heterocycles. The summed E-state index contributed by atoms with van der Waals surface area (Å²) in [5, 5.41) is 10.7. The minimum absolute atomic E-state index is 0.0436. The lowest BCUT2D eigenvalue weighted by molar-refractivity contribution is 0.103. The zero-order valence-electron chi connectivity index (χ0n) is 15.6. The standard InChI is InChI=1S/C22H23NO4/c1-3-9-26-20-12-15-11-16(22(25)17-7-5-6-8-19(17)24)14-23-18(15)13-21(20)27-10-4-2/h5-8,11-14,24H,3-4,9-10H2,1-2H3. The summed E-state index contributed by atoms with van der Waals surface area (Å²) < 4.78 is 11.6. The van der Waals surface area contributed by atoms with Gasteiger partial charge in [0.1, 0.15) is 5.75 Å². The number of carbonyl (C=O) groups is 1. The molecule has 0 aliphatic rings. The topological polar surface area (TPSA) is 68.7 Å². The highest BCUT2D eigenvalue weighted by Gasteiger charge is 2.15. The minimum atomic E-state index is -0.273. The van der Waals surface area contributed by atoms with Gasteiger partial charge in [-0.2, -0.15) is 0 Å². The van der Waals surface area contributed by atoms with E-state index in [9.17, 15) is 9.90 Å². The molecule has 0 atom stereocenters. The fraction of sp³-hybridized carbons (Fsp3) is 0.273. The van der Waals surface area contributed by atoms with E-state index in [2.05, 4.69) is 4.98 Å². The first kappa shape index (κ1) is 18.7. The first-order chi connectivity index (χ1) is 13.1. The largest absolute Gasteiger partial charge is 0.507 e. The Balaban J connectivity index is 2.00. The third kappa shape index (κ3) is 4.19. The summed E-state index contributed by atoms with van der Waals surface area (Å²) in [6.07, 6.45) is 3.30. The van der Waals surface area contributed by atoms with Crippen LogP contribution in [0.1, 0.15) is 42.6 Å². The van der Waals surface area contributed by atoms with E-state index in [1.54, 1.807) is 24.3 Å². The maximum atomic E-state index is 12.7. The molecular formula is C22H23NO4. The van der Waals surface area contributed by atoms with Crippen LogP contribution in [0, 0.1) is 0 Å². The van der Waals surface area contributed by atoms with Gasteiger partial charge in [-0.25, -0.2) is 0 Å². The smallest absolute Gasteiger partial charge is 0.198 e. The second-order valence-electron chi connectivity index (χ2n) is 6.26. The predicted octanol–water partition coefficient (Wildman–Crippen LogP) is 4.75. The third-order valence-electron chi connectivity index (χ3n) is 4.08. The molecule has 3 aromatic rings. The lowest BCUT2D eigenvalue weighted by atomic mass is 10.0. The molecule has 0 spiro atoms. The number of phenolic OH excluding ortho intramolecular Hbond substituents is 1. The molecule has 1 heterocycles. The van der Waals surface area contributed by atoms with Crippen molar-refractivity contribution in [1.29, 1.82) is 0 Å². The molecule has 1 N–H and O–H groups in total. The minimum Gasteiger partial charge on any atom is -0.507 e. The average Bonchev–Trinajstić information content (AvgIpc) is 2.69. The van der Waals surface area contributed by atoms with E-state index in [1.165, 1.54) is 12.3 Å². The normalized spacial score (nSPS) is 10.7. The van der Waals surface area contributed by atoms with E-state index in [-0.39, 0.29) is 17.1 Å². The molecule has 3 rings (SSSR count). The molecule has 5 heteroatoms. The van der Waals surface area contributed by atoms with Crippen LogP contribution in [0.5, 0.6) is 17.2 Å². The average molecular weight is 365 g/mol. The highest BCUT2D eigenvalue weighted by atomic mass is 16.5. The lowest BCUT2D eigenvalue weighted by Crippen LogP contribution is -2.04. The highest BCUT2D eigenvalue weighted by Crippen LogP contribution is 2.33. The summed E-state index contributed by atoms with van der Waals surface area (Å²) in [6, 6.07) is 11.9. The Hall–Kier alpha value is -3.08. The number of aromatic nitrogens is 1. The molecule has 0 radical (unpaired) electrons. The first-order valence-electron chi connectivity index (χ1n) is 9.16. The number of hydrogen-bond acceptors (Lipinski definition) is 5. The zero-order chi connectivity index (χ0) is 19.2. The number of fused-ring (bicyclic) bond motifs is 1. The second-order valence-corrected chi connectivity index (χ2v) is 6.26. The van der Waals surface area contributed by atoms with Crippen LogP contribution < -0.4 is 9.47 Å². The molecule has 1 aromatic heterocycles. The predicted molar refractivity (Wildman–Crippen MR) is 105 cm³/mol. The van der Waals surface area contributed by atoms with Crippen molar-refractivity contribution in [2.24, 2.45) is 0 Å². The van der Waals surface area contributed by atoms with Gasteiger partial charge >= 0.3 is 0 Å². The van der Waals surface area contributed by atoms with Crippen LogP contribution >= 0.6 is 0 Å². The number of carbonyl (C=O) groups excluding carboxylic acids is 1. The van der Waals surface area contributed by atoms with Crippen LogP contribution in [-0.4, -0.2) is 29.1 Å². The van der Waals surface area contributed by atoms with Crippen molar-refractivity contribution < 1.29 is 19.4 Å². The molecule has 2 aromatic carbocycles. The summed E-state index contributed by atoms with van der Waals surface area (Å²) in [5.41, 5.74) is 1.38. The summed E-state index contributed by atoms with van der Waals surface area (Å²) in [6.45, 7) is 5.26. The van der Waals surface area contributed by atoms with Crippen LogP contribution in [0.25, 0.3) is 10.9 Å². The number of rotatable bonds is 8. The van der Waals surface area contributed by atoms with E-state index in [4.69, 9.17) is 9.47 Å². The molecular weight excluding hydrogens is 342 g/mol. The van der Waals surface area contributed by atoms with Crippen LogP contribution in [0.2, 0.25) is 0 Å². The van der Waals surface area contributed by atoms with E-state index in [1.807, 2.05) is 26.0 Å². The van der Waals surface area contributed by atoms with E-state index >= 15 is 0 Å². The number of ether oxygens (including phenoxy) is 2. The van der Waals surface area contributed by atoms with Crippen molar-refractivity contribution in [2.45, 2.75) is 26.7 Å². The number of aromatic hydroxyl groups is 1. The number of nitrogens with zero attached hydrogens (tertiary/aromatic N) is 1. The maximum Gasteiger partial charge on any atom is 0.198 e. The van der Waals surface area contributed by atoms with Gasteiger partial charge in [-0.15, -0.1) is 0 Å². The van der Waals surface area contributed by atoms with Gasteiger partial charge < -0.3 is 14.6 Å². The van der Waals surface area contributed by atoms with Crippen LogP contribution in [-0.2, 0) is 0 Å². The molecule has 0 fully saturated rings. The monoisotopic (exact) mass is 365 g/mol. The summed E-state index contributed by atoms with van der Waals surface area (Å²) in [5.74, 6) is 0.986. The van der Waals surface area contributed by atoms with Crippen LogP contribution in [0.4, 0.5) is 0 Å². The molecule has 0 aliphatic carbocycles. The third-order valence-corrected chi connectivity index (χ3v) is 4.08. The molecule has 0 saturated heterocycles. The van der Waals surface area contributed by atoms with Crippen molar-refractivity contribution >= 4 is 16.7 Å². The quantitative estimate of drug-likeness (QED) is 0.584. The Morgan fingerprint density at radius 2 is 1.67 bits per heavy atom. The van der Waals surface area contributed by atoms with E-state index in [0.29, 0.717) is 30.3 Å². The van der Waals surface area contributed by atoms with Gasteiger partial charge in [0.15, 0.2) is 17.3 Å². The van der Waals surface area contributed by atoms with Crippen LogP contribution in [0.3, 0.4) is 0 Å². The molecule has 0 saturated carbocycles. The fourth-order valence-corrected chi connectivity index (χ4v) is 2.73. The van der Waals surface area contributed by atoms with Crippen molar-refractivity contribution in [3.05, 3.63) is 59.8 Å². The number of para-hydroxylation sites is 1. The number of ketones is 1. The Kier molecular flexibility index (Phi) is 5.91. The lowest BCUT2D eigenvalue weighted by Gasteiger charge is -2.13. The van der Waals surface area contributed by atoms with E-state index in [0.717, 1.165) is 23.7 Å². The number of hydrogen-bond donors (Lipinski definition) is 1. The number of benzene rings is 2. The highest BCUT2D eigenvalue weighted by molar-refractivity contribution is 6.11. The van der Waals surface area contributed by atoms with Crippen LogP contribution in [0.15, 0.2) is 48.7 Å². The molecule has 27 heavy (non-hydrogen) atoms.